The van der Waals surface area contributed by atoms with Gasteiger partial charge in [0.15, 0.2) is 5.75 Å². The van der Waals surface area contributed by atoms with Gasteiger partial charge in [0.25, 0.3) is 0 Å². The van der Waals surface area contributed by atoms with Gasteiger partial charge in [0.05, 0.1) is 11.4 Å². The second-order valence-corrected chi connectivity index (χ2v) is 20.8. The molecule has 0 aromatic heterocycles. The lowest BCUT2D eigenvalue weighted by Gasteiger charge is -2.32. The summed E-state index contributed by atoms with van der Waals surface area (Å²) in [7, 11) is 0. The van der Waals surface area contributed by atoms with E-state index in [0.717, 1.165) is 67.5 Å². The van der Waals surface area contributed by atoms with E-state index in [1.165, 1.54) is 66.8 Å². The molecule has 0 radical (unpaired) electrons. The summed E-state index contributed by atoms with van der Waals surface area (Å²) in [5.74, 6) is 1.65. The maximum atomic E-state index is 7.33. The summed E-state index contributed by atoms with van der Waals surface area (Å²) in [6.07, 6.45) is 0. The van der Waals surface area contributed by atoms with Crippen molar-refractivity contribution in [1.29, 1.82) is 0 Å². The third kappa shape index (κ3) is 6.58. The van der Waals surface area contributed by atoms with E-state index in [-0.39, 0.29) is 10.8 Å². The molecule has 0 amide bonds. The third-order valence-corrected chi connectivity index (χ3v) is 16.0. The Labute approximate surface area is 427 Å². The predicted molar refractivity (Wildman–Crippen MR) is 305 cm³/mol. The zero-order valence-corrected chi connectivity index (χ0v) is 41.4. The van der Waals surface area contributed by atoms with Crippen LogP contribution >= 0.6 is 0 Å². The first-order valence-corrected chi connectivity index (χ1v) is 25.5. The predicted octanol–water partition coefficient (Wildman–Crippen LogP) is 19.5. The Bertz CT molecular complexity index is 3790. The smallest absolute Gasteiger partial charge is 0.159 e. The molecule has 0 bridgehead atoms. The van der Waals surface area contributed by atoms with E-state index in [1.54, 1.807) is 0 Å². The van der Waals surface area contributed by atoms with Crippen LogP contribution in [-0.2, 0) is 10.8 Å². The van der Waals surface area contributed by atoms with Crippen LogP contribution in [0.3, 0.4) is 0 Å². The molecule has 2 aliphatic carbocycles. The first-order chi connectivity index (χ1) is 35.7. The van der Waals surface area contributed by atoms with Gasteiger partial charge in [0.2, 0.25) is 0 Å². The van der Waals surface area contributed by atoms with Crippen molar-refractivity contribution in [3.63, 3.8) is 0 Å². The number of ether oxygens (including phenoxy) is 1. The molecule has 0 saturated heterocycles. The fraction of sp³-hybridized carbons (Fsp3) is 0.0857. The lowest BCUT2D eigenvalue weighted by Crippen LogP contribution is -2.16. The summed E-state index contributed by atoms with van der Waals surface area (Å²) in [5, 5.41) is 2.22. The highest BCUT2D eigenvalue weighted by atomic mass is 16.5. The number of benzene rings is 11. The minimum Gasteiger partial charge on any atom is -0.454 e. The fourth-order valence-electron chi connectivity index (χ4n) is 12.7. The Morgan fingerprint density at radius 1 is 0.315 bits per heavy atom. The Hall–Kier alpha value is -8.92. The normalized spacial score (nSPS) is 13.8. The molecule has 3 aliphatic rings. The molecule has 14 rings (SSSR count). The molecule has 3 nitrogen and oxygen atoms in total. The molecule has 73 heavy (non-hydrogen) atoms. The molecule has 0 unspecified atom stereocenters. The maximum Gasteiger partial charge on any atom is 0.159 e. The topological polar surface area (TPSA) is 15.7 Å². The summed E-state index contributed by atoms with van der Waals surface area (Å²) in [6.45, 7) is 9.47. The molecular formula is C70H52N2O. The quantitative estimate of drug-likeness (QED) is 0.151. The minimum absolute atomic E-state index is 0.130. The van der Waals surface area contributed by atoms with Crippen LogP contribution in [0.5, 0.6) is 11.5 Å². The van der Waals surface area contributed by atoms with Gasteiger partial charge in [-0.25, -0.2) is 0 Å². The first kappa shape index (κ1) is 42.9. The molecule has 0 N–H and O–H groups in total. The van der Waals surface area contributed by atoms with Crippen molar-refractivity contribution in [1.82, 2.24) is 0 Å². The lowest BCUT2D eigenvalue weighted by atomic mass is 9.79. The standard InChI is InChI=1S/C70H52N2O/c1-69(2)61-32-13-11-24-55(61)58-29-16-26-53(66(58)69)45-35-39-50(40-36-45)71(51-41-37-46(38-42-51)54-27-17-30-59-56-25-12-14-33-62(56)70(3,4)67(54)59)52-43-47-19-15-28-57-60-31-18-34-63(68(60)73-64(44-52)65(47)57)72(48-20-7-5-8-21-48)49-22-9-6-10-23-49/h5-44H,1-4H3. The number of para-hydroxylation sites is 3. The van der Waals surface area contributed by atoms with E-state index in [0.29, 0.717) is 0 Å². The lowest BCUT2D eigenvalue weighted by molar-refractivity contribution is 0.488. The second-order valence-electron chi connectivity index (χ2n) is 20.8. The third-order valence-electron chi connectivity index (χ3n) is 16.0. The summed E-state index contributed by atoms with van der Waals surface area (Å²) in [6, 6.07) is 88.7. The van der Waals surface area contributed by atoms with Gasteiger partial charge in [-0.05, 0) is 138 Å². The van der Waals surface area contributed by atoms with Gasteiger partial charge in [-0.3, -0.25) is 0 Å². The van der Waals surface area contributed by atoms with Crippen molar-refractivity contribution < 1.29 is 4.74 Å². The molecule has 11 aromatic rings. The van der Waals surface area contributed by atoms with Crippen molar-refractivity contribution in [3.05, 3.63) is 265 Å². The number of hydrogen-bond donors (Lipinski definition) is 0. The monoisotopic (exact) mass is 936 g/mol. The van der Waals surface area contributed by atoms with E-state index in [4.69, 9.17) is 4.74 Å². The summed E-state index contributed by atoms with van der Waals surface area (Å²) in [4.78, 5) is 4.69. The van der Waals surface area contributed by atoms with Gasteiger partial charge in [-0.15, -0.1) is 0 Å². The molecule has 348 valence electrons. The Morgan fingerprint density at radius 3 is 1.29 bits per heavy atom. The number of hydrogen-bond acceptors (Lipinski definition) is 3. The molecule has 0 atom stereocenters. The van der Waals surface area contributed by atoms with Gasteiger partial charge < -0.3 is 14.5 Å². The van der Waals surface area contributed by atoms with E-state index >= 15 is 0 Å². The Morgan fingerprint density at radius 2 is 0.740 bits per heavy atom. The summed E-state index contributed by atoms with van der Waals surface area (Å²) < 4.78 is 7.33. The number of rotatable bonds is 8. The van der Waals surface area contributed by atoms with Crippen LogP contribution in [0, 0.1) is 0 Å². The van der Waals surface area contributed by atoms with Crippen molar-refractivity contribution in [3.8, 4) is 67.1 Å². The summed E-state index contributed by atoms with van der Waals surface area (Å²) in [5.41, 5.74) is 24.0. The highest BCUT2D eigenvalue weighted by molar-refractivity contribution is 6.08. The van der Waals surface area contributed by atoms with E-state index in [1.807, 2.05) is 0 Å². The van der Waals surface area contributed by atoms with Crippen molar-refractivity contribution in [2.75, 3.05) is 9.80 Å². The molecular weight excluding hydrogens is 885 g/mol. The molecule has 1 aliphatic heterocycles. The van der Waals surface area contributed by atoms with Crippen molar-refractivity contribution in [2.45, 2.75) is 38.5 Å². The van der Waals surface area contributed by atoms with Crippen molar-refractivity contribution >= 4 is 44.9 Å². The Kier molecular flexibility index (Phi) is 9.59. The highest BCUT2D eigenvalue weighted by Crippen LogP contribution is 2.56. The van der Waals surface area contributed by atoms with E-state index in [9.17, 15) is 0 Å². The molecule has 11 aromatic carbocycles. The van der Waals surface area contributed by atoms with Gasteiger partial charge >= 0.3 is 0 Å². The number of fused-ring (bicyclic) bond motifs is 8. The van der Waals surface area contributed by atoms with Crippen LogP contribution in [-0.4, -0.2) is 0 Å². The average molecular weight is 937 g/mol. The van der Waals surface area contributed by atoms with Gasteiger partial charge in [-0.1, -0.05) is 204 Å². The van der Waals surface area contributed by atoms with Crippen LogP contribution in [0.1, 0.15) is 49.9 Å². The van der Waals surface area contributed by atoms with Crippen LogP contribution in [0.2, 0.25) is 0 Å². The van der Waals surface area contributed by atoms with Crippen LogP contribution in [0.15, 0.2) is 243 Å². The van der Waals surface area contributed by atoms with Gasteiger partial charge in [0.1, 0.15) is 5.75 Å². The van der Waals surface area contributed by atoms with Gasteiger partial charge in [-0.2, -0.15) is 0 Å². The number of nitrogens with zero attached hydrogens (tertiary/aromatic N) is 2. The van der Waals surface area contributed by atoms with Gasteiger partial charge in [0, 0.05) is 50.6 Å². The summed E-state index contributed by atoms with van der Waals surface area (Å²) >= 11 is 0. The second kappa shape index (κ2) is 16.3. The molecule has 0 fully saturated rings. The SMILES string of the molecule is CC1(C)c2ccccc2-c2cccc(-c3ccc(N(c4ccc(-c5cccc6c5C(C)(C)c5ccccc5-6)cc4)c4cc5c6c(cccc6c4)-c4cccc(N(c6ccccc6)c6ccccc6)c4O5)cc3)c21. The Balaban J connectivity index is 0.916. The maximum absolute atomic E-state index is 7.33. The van der Waals surface area contributed by atoms with Crippen LogP contribution < -0.4 is 14.5 Å². The first-order valence-electron chi connectivity index (χ1n) is 25.5. The molecule has 3 heteroatoms. The largest absolute Gasteiger partial charge is 0.454 e. The average Bonchev–Trinajstić information content (AvgIpc) is 3.82. The highest BCUT2D eigenvalue weighted by Gasteiger charge is 2.39. The zero-order chi connectivity index (χ0) is 49.0. The number of anilines is 6. The fourth-order valence-corrected chi connectivity index (χ4v) is 12.7. The minimum atomic E-state index is -0.130. The van der Waals surface area contributed by atoms with Crippen LogP contribution in [0.25, 0.3) is 66.4 Å². The zero-order valence-electron chi connectivity index (χ0n) is 41.4. The molecule has 0 saturated carbocycles. The van der Waals surface area contributed by atoms with E-state index in [2.05, 4.69) is 280 Å². The molecule has 1 heterocycles. The molecule has 0 spiro atoms. The van der Waals surface area contributed by atoms with Crippen LogP contribution in [0.4, 0.5) is 34.1 Å². The van der Waals surface area contributed by atoms with E-state index < -0.39 is 0 Å². The van der Waals surface area contributed by atoms with Crippen molar-refractivity contribution in [2.24, 2.45) is 0 Å².